The quantitative estimate of drug-likeness (QED) is 0.789. The zero-order valence-corrected chi connectivity index (χ0v) is 9.75. The standard InChI is InChI=1S/C13H15F2NO/c1-9-7-16(6-5-13(9)17)8-10-11(14)3-2-4-12(10)15/h2-4,9H,5-8H2,1H3. The van der Waals surface area contributed by atoms with Gasteiger partial charge in [-0.15, -0.1) is 0 Å². The maximum absolute atomic E-state index is 13.4. The number of hydrogen-bond acceptors (Lipinski definition) is 2. The molecule has 1 aromatic carbocycles. The van der Waals surface area contributed by atoms with Gasteiger partial charge in [0.15, 0.2) is 0 Å². The fourth-order valence-electron chi connectivity index (χ4n) is 2.15. The second kappa shape index (κ2) is 4.92. The molecule has 1 atom stereocenters. The number of carbonyl (C=O) groups excluding carboxylic acids is 1. The van der Waals surface area contributed by atoms with Gasteiger partial charge in [0.05, 0.1) is 0 Å². The Hall–Kier alpha value is -1.29. The van der Waals surface area contributed by atoms with Crippen molar-refractivity contribution in [1.29, 1.82) is 0 Å². The molecule has 1 aliphatic rings. The molecule has 2 nitrogen and oxygen atoms in total. The third-order valence-electron chi connectivity index (χ3n) is 3.20. The Balaban J connectivity index is 2.09. The van der Waals surface area contributed by atoms with Crippen molar-refractivity contribution in [2.75, 3.05) is 13.1 Å². The number of rotatable bonds is 2. The molecule has 1 fully saturated rings. The van der Waals surface area contributed by atoms with Crippen LogP contribution in [0.5, 0.6) is 0 Å². The average Bonchev–Trinajstić information content (AvgIpc) is 2.28. The smallest absolute Gasteiger partial charge is 0.138 e. The van der Waals surface area contributed by atoms with Crippen LogP contribution >= 0.6 is 0 Å². The number of halogens is 2. The molecular formula is C13H15F2NO. The van der Waals surface area contributed by atoms with Gasteiger partial charge < -0.3 is 0 Å². The van der Waals surface area contributed by atoms with Gasteiger partial charge in [-0.1, -0.05) is 13.0 Å². The zero-order chi connectivity index (χ0) is 12.4. The van der Waals surface area contributed by atoms with Gasteiger partial charge in [0, 0.05) is 37.5 Å². The number of carbonyl (C=O) groups is 1. The molecule has 2 rings (SSSR count). The first-order valence-electron chi connectivity index (χ1n) is 5.76. The molecular weight excluding hydrogens is 224 g/mol. The fraction of sp³-hybridized carbons (Fsp3) is 0.462. The molecule has 4 heteroatoms. The van der Waals surface area contributed by atoms with Crippen LogP contribution in [0.3, 0.4) is 0 Å². The lowest BCUT2D eigenvalue weighted by molar-refractivity contribution is -0.125. The first-order chi connectivity index (χ1) is 8.08. The van der Waals surface area contributed by atoms with E-state index in [2.05, 4.69) is 0 Å². The summed E-state index contributed by atoms with van der Waals surface area (Å²) in [7, 11) is 0. The van der Waals surface area contributed by atoms with E-state index in [9.17, 15) is 13.6 Å². The minimum absolute atomic E-state index is 0.0430. The molecule has 92 valence electrons. The normalized spacial score (nSPS) is 21.8. The zero-order valence-electron chi connectivity index (χ0n) is 9.75. The van der Waals surface area contributed by atoms with Gasteiger partial charge >= 0.3 is 0 Å². The summed E-state index contributed by atoms with van der Waals surface area (Å²) in [5.74, 6) is -0.849. The Kier molecular flexibility index (Phi) is 3.52. The number of likely N-dealkylation sites (tertiary alicyclic amines) is 1. The Morgan fingerprint density at radius 1 is 1.35 bits per heavy atom. The molecule has 0 N–H and O–H groups in total. The summed E-state index contributed by atoms with van der Waals surface area (Å²) < 4.78 is 26.9. The fourth-order valence-corrected chi connectivity index (χ4v) is 2.15. The van der Waals surface area contributed by atoms with Gasteiger partial charge in [0.2, 0.25) is 0 Å². The number of benzene rings is 1. The van der Waals surface area contributed by atoms with Crippen LogP contribution in [0.4, 0.5) is 8.78 Å². The monoisotopic (exact) mass is 239 g/mol. The maximum atomic E-state index is 13.4. The van der Waals surface area contributed by atoms with Crippen molar-refractivity contribution < 1.29 is 13.6 Å². The predicted molar refractivity (Wildman–Crippen MR) is 60.4 cm³/mol. The van der Waals surface area contributed by atoms with E-state index >= 15 is 0 Å². The summed E-state index contributed by atoms with van der Waals surface area (Å²) in [6.45, 7) is 3.24. The second-order valence-electron chi connectivity index (χ2n) is 4.55. The lowest BCUT2D eigenvalue weighted by atomic mass is 9.98. The summed E-state index contributed by atoms with van der Waals surface area (Å²) in [6, 6.07) is 3.88. The Bertz CT molecular complexity index is 413. The van der Waals surface area contributed by atoms with Crippen molar-refractivity contribution in [1.82, 2.24) is 4.90 Å². The Morgan fingerprint density at radius 2 is 2.00 bits per heavy atom. The van der Waals surface area contributed by atoms with Crippen LogP contribution in [0.1, 0.15) is 18.9 Å². The lowest BCUT2D eigenvalue weighted by Gasteiger charge is -2.30. The molecule has 17 heavy (non-hydrogen) atoms. The minimum Gasteiger partial charge on any atom is -0.299 e. The summed E-state index contributed by atoms with van der Waals surface area (Å²) in [4.78, 5) is 13.3. The van der Waals surface area contributed by atoms with E-state index < -0.39 is 11.6 Å². The van der Waals surface area contributed by atoms with Crippen molar-refractivity contribution in [3.8, 4) is 0 Å². The van der Waals surface area contributed by atoms with E-state index in [1.165, 1.54) is 18.2 Å². The van der Waals surface area contributed by atoms with Crippen LogP contribution < -0.4 is 0 Å². The number of piperidine rings is 1. The highest BCUT2D eigenvalue weighted by Gasteiger charge is 2.24. The first-order valence-corrected chi connectivity index (χ1v) is 5.76. The molecule has 0 radical (unpaired) electrons. The lowest BCUT2D eigenvalue weighted by Crippen LogP contribution is -2.39. The number of hydrogen-bond donors (Lipinski definition) is 0. The van der Waals surface area contributed by atoms with Crippen molar-refractivity contribution in [2.45, 2.75) is 19.9 Å². The Labute approximate surface area is 99.2 Å². The van der Waals surface area contributed by atoms with Crippen molar-refractivity contribution in [3.05, 3.63) is 35.4 Å². The predicted octanol–water partition coefficient (Wildman–Crippen LogP) is 2.38. The van der Waals surface area contributed by atoms with Crippen molar-refractivity contribution in [2.24, 2.45) is 5.92 Å². The van der Waals surface area contributed by atoms with Crippen LogP contribution in [-0.2, 0) is 11.3 Å². The first kappa shape index (κ1) is 12.2. The molecule has 0 amide bonds. The summed E-state index contributed by atoms with van der Waals surface area (Å²) in [5, 5.41) is 0. The second-order valence-corrected chi connectivity index (χ2v) is 4.55. The van der Waals surface area contributed by atoms with Gasteiger partial charge in [-0.05, 0) is 12.1 Å². The summed E-state index contributed by atoms with van der Waals surface area (Å²) in [5.41, 5.74) is 0.0917. The molecule has 1 unspecified atom stereocenters. The van der Waals surface area contributed by atoms with Gasteiger partial charge in [0.1, 0.15) is 17.4 Å². The molecule has 1 heterocycles. The molecule has 1 saturated heterocycles. The maximum Gasteiger partial charge on any atom is 0.138 e. The molecule has 0 saturated carbocycles. The highest BCUT2D eigenvalue weighted by molar-refractivity contribution is 5.81. The third kappa shape index (κ3) is 2.69. The Morgan fingerprint density at radius 3 is 2.59 bits per heavy atom. The van der Waals surface area contributed by atoms with E-state index in [-0.39, 0.29) is 23.8 Å². The van der Waals surface area contributed by atoms with E-state index in [1.54, 1.807) is 0 Å². The van der Waals surface area contributed by atoms with Crippen molar-refractivity contribution >= 4 is 5.78 Å². The molecule has 0 aromatic heterocycles. The van der Waals surface area contributed by atoms with E-state index in [4.69, 9.17) is 0 Å². The highest BCUT2D eigenvalue weighted by Crippen LogP contribution is 2.19. The van der Waals surface area contributed by atoms with E-state index in [1.807, 2.05) is 11.8 Å². The van der Waals surface area contributed by atoms with E-state index in [0.29, 0.717) is 19.5 Å². The van der Waals surface area contributed by atoms with Gasteiger partial charge in [-0.3, -0.25) is 9.69 Å². The van der Waals surface area contributed by atoms with E-state index in [0.717, 1.165) is 0 Å². The summed E-state index contributed by atoms with van der Waals surface area (Å²) in [6.07, 6.45) is 0.469. The van der Waals surface area contributed by atoms with Crippen LogP contribution in [-0.4, -0.2) is 23.8 Å². The van der Waals surface area contributed by atoms with Crippen LogP contribution in [0.15, 0.2) is 18.2 Å². The van der Waals surface area contributed by atoms with Crippen molar-refractivity contribution in [3.63, 3.8) is 0 Å². The molecule has 0 spiro atoms. The van der Waals surface area contributed by atoms with Crippen LogP contribution in [0, 0.1) is 17.6 Å². The largest absolute Gasteiger partial charge is 0.299 e. The van der Waals surface area contributed by atoms with Gasteiger partial charge in [0.25, 0.3) is 0 Å². The van der Waals surface area contributed by atoms with Gasteiger partial charge in [-0.2, -0.15) is 0 Å². The minimum atomic E-state index is -0.519. The SMILES string of the molecule is CC1CN(Cc2c(F)cccc2F)CCC1=O. The molecule has 1 aromatic rings. The average molecular weight is 239 g/mol. The van der Waals surface area contributed by atoms with Crippen LogP contribution in [0.2, 0.25) is 0 Å². The highest BCUT2D eigenvalue weighted by atomic mass is 19.1. The third-order valence-corrected chi connectivity index (χ3v) is 3.20. The topological polar surface area (TPSA) is 20.3 Å². The number of ketones is 1. The van der Waals surface area contributed by atoms with Crippen LogP contribution in [0.25, 0.3) is 0 Å². The molecule has 0 bridgehead atoms. The molecule has 1 aliphatic heterocycles. The number of nitrogens with zero attached hydrogens (tertiary/aromatic N) is 1. The summed E-state index contributed by atoms with van der Waals surface area (Å²) >= 11 is 0. The van der Waals surface area contributed by atoms with Gasteiger partial charge in [-0.25, -0.2) is 8.78 Å². The molecule has 0 aliphatic carbocycles. The number of Topliss-reactive ketones (excluding diaryl/α,β-unsaturated/α-hetero) is 1.